The third-order valence-corrected chi connectivity index (χ3v) is 3.81. The number of nitrogens with one attached hydrogen (secondary N) is 2. The molecule has 0 saturated carbocycles. The summed E-state index contributed by atoms with van der Waals surface area (Å²) in [5, 5.41) is 6.91. The Morgan fingerprint density at radius 2 is 2.19 bits per heavy atom. The summed E-state index contributed by atoms with van der Waals surface area (Å²) in [6, 6.07) is 9.04. The fourth-order valence-electron chi connectivity index (χ4n) is 2.63. The summed E-state index contributed by atoms with van der Waals surface area (Å²) in [5.41, 5.74) is -0.0414. The van der Waals surface area contributed by atoms with Gasteiger partial charge in [-0.3, -0.25) is 4.79 Å². The molecule has 0 bridgehead atoms. The summed E-state index contributed by atoms with van der Waals surface area (Å²) < 4.78 is 5.17. The Morgan fingerprint density at radius 1 is 1.33 bits per heavy atom. The summed E-state index contributed by atoms with van der Waals surface area (Å²) in [4.78, 5) is 24.0. The number of piperidine rings is 1. The molecule has 1 aromatic carbocycles. The summed E-state index contributed by atoms with van der Waals surface area (Å²) in [6.45, 7) is 1.52. The minimum Gasteiger partial charge on any atom is -0.422 e. The highest BCUT2D eigenvalue weighted by Crippen LogP contribution is 2.12. The average molecular weight is 286 g/mol. The van der Waals surface area contributed by atoms with Gasteiger partial charge in [0.2, 0.25) is 0 Å². The van der Waals surface area contributed by atoms with Crippen molar-refractivity contribution in [3.05, 3.63) is 46.3 Å². The van der Waals surface area contributed by atoms with Crippen LogP contribution in [0.5, 0.6) is 0 Å². The predicted octanol–water partition coefficient (Wildman–Crippen LogP) is 1.66. The third-order valence-electron chi connectivity index (χ3n) is 3.81. The first kappa shape index (κ1) is 13.8. The van der Waals surface area contributed by atoms with Gasteiger partial charge in [0.1, 0.15) is 11.1 Å². The van der Waals surface area contributed by atoms with Gasteiger partial charge in [-0.1, -0.05) is 24.6 Å². The fourth-order valence-corrected chi connectivity index (χ4v) is 2.63. The SMILES string of the molecule is O=C(NCC1CCCCN1)c1cc2ccccc2oc1=O. The lowest BCUT2D eigenvalue weighted by atomic mass is 10.1. The van der Waals surface area contributed by atoms with Crippen molar-refractivity contribution in [1.82, 2.24) is 10.6 Å². The number of para-hydroxylation sites is 1. The summed E-state index contributed by atoms with van der Waals surface area (Å²) in [6.07, 6.45) is 3.40. The van der Waals surface area contributed by atoms with E-state index in [1.54, 1.807) is 18.2 Å². The molecule has 0 aliphatic carbocycles. The molecule has 5 nitrogen and oxygen atoms in total. The van der Waals surface area contributed by atoms with Crippen molar-refractivity contribution in [2.75, 3.05) is 13.1 Å². The van der Waals surface area contributed by atoms with Crippen molar-refractivity contribution >= 4 is 16.9 Å². The molecule has 2 heterocycles. The molecule has 1 unspecified atom stereocenters. The van der Waals surface area contributed by atoms with E-state index in [1.165, 1.54) is 12.8 Å². The summed E-state index contributed by atoms with van der Waals surface area (Å²) in [5.74, 6) is -0.373. The van der Waals surface area contributed by atoms with E-state index in [2.05, 4.69) is 10.6 Å². The van der Waals surface area contributed by atoms with E-state index in [9.17, 15) is 9.59 Å². The van der Waals surface area contributed by atoms with Crippen molar-refractivity contribution in [3.8, 4) is 0 Å². The highest BCUT2D eigenvalue weighted by molar-refractivity contribution is 5.96. The Bertz CT molecular complexity index is 702. The first-order chi connectivity index (χ1) is 10.2. The van der Waals surface area contributed by atoms with Gasteiger partial charge in [0.25, 0.3) is 5.91 Å². The number of benzene rings is 1. The quantitative estimate of drug-likeness (QED) is 0.842. The van der Waals surface area contributed by atoms with E-state index >= 15 is 0 Å². The van der Waals surface area contributed by atoms with E-state index in [0.717, 1.165) is 18.4 Å². The monoisotopic (exact) mass is 286 g/mol. The third kappa shape index (κ3) is 3.13. The van der Waals surface area contributed by atoms with Gasteiger partial charge in [-0.2, -0.15) is 0 Å². The van der Waals surface area contributed by atoms with Gasteiger partial charge in [-0.15, -0.1) is 0 Å². The maximum Gasteiger partial charge on any atom is 0.349 e. The Morgan fingerprint density at radius 3 is 3.00 bits per heavy atom. The van der Waals surface area contributed by atoms with Gasteiger partial charge in [-0.25, -0.2) is 4.79 Å². The number of hydrogen-bond donors (Lipinski definition) is 2. The molecule has 1 aromatic heterocycles. The average Bonchev–Trinajstić information content (AvgIpc) is 2.53. The van der Waals surface area contributed by atoms with Gasteiger partial charge < -0.3 is 15.1 Å². The number of carbonyl (C=O) groups excluding carboxylic acids is 1. The van der Waals surface area contributed by atoms with Gasteiger partial charge in [0.15, 0.2) is 0 Å². The maximum atomic E-state index is 12.2. The maximum absolute atomic E-state index is 12.2. The van der Waals surface area contributed by atoms with Crippen LogP contribution in [-0.2, 0) is 0 Å². The summed E-state index contributed by atoms with van der Waals surface area (Å²) >= 11 is 0. The lowest BCUT2D eigenvalue weighted by Crippen LogP contribution is -2.44. The molecule has 0 spiro atoms. The fraction of sp³-hybridized carbons (Fsp3) is 0.375. The number of fused-ring (bicyclic) bond motifs is 1. The molecule has 2 aromatic rings. The predicted molar refractivity (Wildman–Crippen MR) is 80.5 cm³/mol. The first-order valence-electron chi connectivity index (χ1n) is 7.28. The van der Waals surface area contributed by atoms with Crippen LogP contribution in [0.3, 0.4) is 0 Å². The topological polar surface area (TPSA) is 71.3 Å². The smallest absolute Gasteiger partial charge is 0.349 e. The zero-order chi connectivity index (χ0) is 14.7. The molecule has 21 heavy (non-hydrogen) atoms. The Balaban J connectivity index is 1.74. The minimum absolute atomic E-state index is 0.0597. The molecule has 1 atom stereocenters. The molecular weight excluding hydrogens is 268 g/mol. The van der Waals surface area contributed by atoms with Crippen molar-refractivity contribution in [3.63, 3.8) is 0 Å². The Hall–Kier alpha value is -2.14. The molecule has 1 amide bonds. The minimum atomic E-state index is -0.595. The summed E-state index contributed by atoms with van der Waals surface area (Å²) in [7, 11) is 0. The van der Waals surface area contributed by atoms with E-state index < -0.39 is 5.63 Å². The largest absolute Gasteiger partial charge is 0.422 e. The molecule has 1 aliphatic rings. The molecule has 2 N–H and O–H groups in total. The van der Waals surface area contributed by atoms with Crippen LogP contribution in [0.15, 0.2) is 39.5 Å². The number of rotatable bonds is 3. The molecule has 1 fully saturated rings. The van der Waals surface area contributed by atoms with Crippen LogP contribution in [0.4, 0.5) is 0 Å². The van der Waals surface area contributed by atoms with Crippen molar-refractivity contribution in [2.24, 2.45) is 0 Å². The van der Waals surface area contributed by atoms with Crippen LogP contribution in [0, 0.1) is 0 Å². The highest BCUT2D eigenvalue weighted by atomic mass is 16.4. The second kappa shape index (κ2) is 6.10. The zero-order valence-electron chi connectivity index (χ0n) is 11.7. The Labute approximate surface area is 122 Å². The van der Waals surface area contributed by atoms with Crippen LogP contribution in [0.1, 0.15) is 29.6 Å². The number of carbonyl (C=O) groups is 1. The Kier molecular flexibility index (Phi) is 4.01. The molecule has 1 aliphatic heterocycles. The van der Waals surface area contributed by atoms with Crippen LogP contribution in [0.25, 0.3) is 11.0 Å². The van der Waals surface area contributed by atoms with E-state index in [4.69, 9.17) is 4.42 Å². The van der Waals surface area contributed by atoms with E-state index in [1.807, 2.05) is 12.1 Å². The van der Waals surface area contributed by atoms with Gasteiger partial charge in [0.05, 0.1) is 0 Å². The molecule has 1 saturated heterocycles. The van der Waals surface area contributed by atoms with E-state index in [0.29, 0.717) is 12.1 Å². The van der Waals surface area contributed by atoms with Gasteiger partial charge in [-0.05, 0) is 31.5 Å². The standard InChI is InChI=1S/C16H18N2O3/c19-15(18-10-12-6-3-4-8-17-12)13-9-11-5-1-2-7-14(11)21-16(13)20/h1-2,5,7,9,12,17H,3-4,6,8,10H2,(H,18,19). The molecule has 110 valence electrons. The number of hydrogen-bond acceptors (Lipinski definition) is 4. The van der Waals surface area contributed by atoms with Crippen LogP contribution in [-0.4, -0.2) is 25.0 Å². The molecular formula is C16H18N2O3. The normalized spacial score (nSPS) is 18.6. The highest BCUT2D eigenvalue weighted by Gasteiger charge is 2.17. The van der Waals surface area contributed by atoms with E-state index in [-0.39, 0.29) is 17.5 Å². The van der Waals surface area contributed by atoms with Gasteiger partial charge in [0, 0.05) is 18.0 Å². The molecule has 5 heteroatoms. The van der Waals surface area contributed by atoms with Gasteiger partial charge >= 0.3 is 5.63 Å². The van der Waals surface area contributed by atoms with Crippen LogP contribution in [0.2, 0.25) is 0 Å². The molecule has 3 rings (SSSR count). The molecule has 0 radical (unpaired) electrons. The number of amides is 1. The van der Waals surface area contributed by atoms with Crippen LogP contribution < -0.4 is 16.3 Å². The van der Waals surface area contributed by atoms with Crippen LogP contribution >= 0.6 is 0 Å². The lowest BCUT2D eigenvalue weighted by Gasteiger charge is -2.23. The first-order valence-corrected chi connectivity index (χ1v) is 7.28. The van der Waals surface area contributed by atoms with Crippen molar-refractivity contribution < 1.29 is 9.21 Å². The second-order valence-electron chi connectivity index (χ2n) is 5.34. The second-order valence-corrected chi connectivity index (χ2v) is 5.34. The van der Waals surface area contributed by atoms with Crippen molar-refractivity contribution in [1.29, 1.82) is 0 Å². The van der Waals surface area contributed by atoms with Crippen molar-refractivity contribution in [2.45, 2.75) is 25.3 Å². The lowest BCUT2D eigenvalue weighted by molar-refractivity contribution is 0.0944. The zero-order valence-corrected chi connectivity index (χ0v) is 11.7.